The van der Waals surface area contributed by atoms with Gasteiger partial charge in [0.05, 0.1) is 4.92 Å². The molecule has 0 aliphatic heterocycles. The maximum Gasteiger partial charge on any atom is 0.291 e. The summed E-state index contributed by atoms with van der Waals surface area (Å²) in [5.74, 6) is 0. The van der Waals surface area contributed by atoms with Crippen molar-refractivity contribution >= 4 is 21.4 Å². The van der Waals surface area contributed by atoms with E-state index in [9.17, 15) is 18.5 Å². The van der Waals surface area contributed by atoms with Gasteiger partial charge in [0, 0.05) is 31.9 Å². The average Bonchev–Trinajstić information content (AvgIpc) is 2.37. The quantitative estimate of drug-likeness (QED) is 0.634. The molecule has 0 amide bonds. The molecule has 0 spiro atoms. The maximum atomic E-state index is 12.2. The number of hydrogen-bond acceptors (Lipinski definition) is 5. The van der Waals surface area contributed by atoms with Gasteiger partial charge in [0.1, 0.15) is 0 Å². The van der Waals surface area contributed by atoms with E-state index < -0.39 is 20.6 Å². The van der Waals surface area contributed by atoms with Crippen molar-refractivity contribution in [3.8, 4) is 0 Å². The van der Waals surface area contributed by atoms with Crippen molar-refractivity contribution in [1.29, 1.82) is 0 Å². The molecule has 1 aromatic rings. The van der Waals surface area contributed by atoms with E-state index in [1.165, 1.54) is 25.2 Å². The highest BCUT2D eigenvalue weighted by molar-refractivity contribution is 7.89. The molecule has 0 saturated carbocycles. The van der Waals surface area contributed by atoms with Gasteiger partial charge in [-0.1, -0.05) is 6.92 Å². The Hall–Kier alpha value is -1.67. The lowest BCUT2D eigenvalue weighted by Crippen LogP contribution is -2.27. The normalized spacial score (nSPS) is 11.6. The van der Waals surface area contributed by atoms with Gasteiger partial charge in [-0.3, -0.25) is 10.1 Å². The molecule has 0 aliphatic carbocycles. The molecule has 0 aromatic heterocycles. The minimum Gasteiger partial charge on any atom is -0.385 e. The van der Waals surface area contributed by atoms with E-state index in [2.05, 4.69) is 5.32 Å². The Labute approximate surface area is 112 Å². The third-order valence-electron chi connectivity index (χ3n) is 2.67. The Morgan fingerprint density at radius 3 is 2.47 bits per heavy atom. The minimum absolute atomic E-state index is 0.244. The highest BCUT2D eigenvalue weighted by atomic mass is 32.2. The Morgan fingerprint density at radius 2 is 2.00 bits per heavy atom. The van der Waals surface area contributed by atoms with Crippen LogP contribution in [-0.4, -0.2) is 37.8 Å². The first-order valence-electron chi connectivity index (χ1n) is 5.83. The summed E-state index contributed by atoms with van der Waals surface area (Å²) < 4.78 is 25.4. The first-order valence-corrected chi connectivity index (χ1v) is 7.27. The second-order valence-electron chi connectivity index (χ2n) is 3.89. The second-order valence-corrected chi connectivity index (χ2v) is 5.90. The molecule has 106 valence electrons. The number of nitrogens with zero attached hydrogens (tertiary/aromatic N) is 2. The van der Waals surface area contributed by atoms with Crippen molar-refractivity contribution in [1.82, 2.24) is 4.31 Å². The molecular weight excluding hydrogens is 270 g/mol. The van der Waals surface area contributed by atoms with Gasteiger partial charge in [0.2, 0.25) is 10.0 Å². The number of benzene rings is 1. The van der Waals surface area contributed by atoms with Crippen molar-refractivity contribution in [2.75, 3.05) is 25.5 Å². The van der Waals surface area contributed by atoms with E-state index in [-0.39, 0.29) is 11.4 Å². The molecule has 0 atom stereocenters. The summed E-state index contributed by atoms with van der Waals surface area (Å²) in [5, 5.41) is 13.9. The van der Waals surface area contributed by atoms with Crippen LogP contribution in [0.25, 0.3) is 0 Å². The molecule has 7 nitrogen and oxygen atoms in total. The summed E-state index contributed by atoms with van der Waals surface area (Å²) in [6.07, 6.45) is 0. The molecule has 1 rings (SSSR count). The Balaban J connectivity index is 3.40. The van der Waals surface area contributed by atoms with E-state index in [0.29, 0.717) is 12.2 Å². The van der Waals surface area contributed by atoms with Gasteiger partial charge in [-0.15, -0.1) is 0 Å². The zero-order chi connectivity index (χ0) is 14.6. The van der Waals surface area contributed by atoms with Crippen LogP contribution in [0.3, 0.4) is 0 Å². The highest BCUT2D eigenvalue weighted by Gasteiger charge is 2.28. The van der Waals surface area contributed by atoms with Gasteiger partial charge in [-0.2, -0.15) is 0 Å². The maximum absolute atomic E-state index is 12.2. The third-order valence-corrected chi connectivity index (χ3v) is 4.65. The number of nitro benzene ring substituents is 1. The fraction of sp³-hybridized carbons (Fsp3) is 0.455. The molecule has 1 N–H and O–H groups in total. The lowest BCUT2D eigenvalue weighted by molar-refractivity contribution is -0.387. The largest absolute Gasteiger partial charge is 0.385 e. The second kappa shape index (κ2) is 5.98. The van der Waals surface area contributed by atoms with Gasteiger partial charge < -0.3 is 5.32 Å². The molecule has 8 heteroatoms. The van der Waals surface area contributed by atoms with Crippen LogP contribution in [0, 0.1) is 10.1 Å². The first-order chi connectivity index (χ1) is 8.84. The first kappa shape index (κ1) is 15.4. The summed E-state index contributed by atoms with van der Waals surface area (Å²) in [6.45, 7) is 4.35. The number of hydrogen-bond donors (Lipinski definition) is 1. The van der Waals surface area contributed by atoms with Crippen LogP contribution in [0.2, 0.25) is 0 Å². The molecule has 0 radical (unpaired) electrons. The van der Waals surface area contributed by atoms with Crippen LogP contribution in [0.4, 0.5) is 11.4 Å². The molecule has 0 heterocycles. The standard InChI is InChI=1S/C11H17N3O4S/c1-4-12-9-6-7-11(10(8-9)14(15)16)19(17,18)13(3)5-2/h6-8,12H,4-5H2,1-3H3. The monoisotopic (exact) mass is 287 g/mol. The predicted octanol–water partition coefficient (Wildman–Crippen LogP) is 1.67. The van der Waals surface area contributed by atoms with Crippen LogP contribution in [0.5, 0.6) is 0 Å². The van der Waals surface area contributed by atoms with Crippen LogP contribution in [0.1, 0.15) is 13.8 Å². The minimum atomic E-state index is -3.83. The molecule has 1 aromatic carbocycles. The summed E-state index contributed by atoms with van der Waals surface area (Å²) >= 11 is 0. The zero-order valence-electron chi connectivity index (χ0n) is 11.1. The van der Waals surface area contributed by atoms with Crippen molar-refractivity contribution < 1.29 is 13.3 Å². The number of anilines is 1. The van der Waals surface area contributed by atoms with Crippen molar-refractivity contribution in [3.05, 3.63) is 28.3 Å². The van der Waals surface area contributed by atoms with Crippen LogP contribution in [0.15, 0.2) is 23.1 Å². The smallest absolute Gasteiger partial charge is 0.291 e. The van der Waals surface area contributed by atoms with Crippen LogP contribution < -0.4 is 5.32 Å². The molecule has 0 saturated heterocycles. The predicted molar refractivity (Wildman–Crippen MR) is 72.7 cm³/mol. The number of sulfonamides is 1. The Bertz CT molecular complexity index is 571. The van der Waals surface area contributed by atoms with Crippen molar-refractivity contribution in [3.63, 3.8) is 0 Å². The van der Waals surface area contributed by atoms with E-state index in [4.69, 9.17) is 0 Å². The molecule has 19 heavy (non-hydrogen) atoms. The molecule has 0 fully saturated rings. The number of nitro groups is 1. The molecule has 0 aliphatic rings. The SMILES string of the molecule is CCNc1ccc(S(=O)(=O)N(C)CC)c([N+](=O)[O-])c1. The lowest BCUT2D eigenvalue weighted by atomic mass is 10.3. The Morgan fingerprint density at radius 1 is 1.37 bits per heavy atom. The highest BCUT2D eigenvalue weighted by Crippen LogP contribution is 2.29. The number of rotatable bonds is 6. The summed E-state index contributed by atoms with van der Waals surface area (Å²) in [6, 6.07) is 4.02. The van der Waals surface area contributed by atoms with Gasteiger partial charge >= 0.3 is 0 Å². The zero-order valence-corrected chi connectivity index (χ0v) is 11.9. The van der Waals surface area contributed by atoms with Crippen molar-refractivity contribution in [2.45, 2.75) is 18.7 Å². The van der Waals surface area contributed by atoms with E-state index in [0.717, 1.165) is 4.31 Å². The van der Waals surface area contributed by atoms with Gasteiger partial charge in [-0.05, 0) is 19.1 Å². The van der Waals surface area contributed by atoms with Gasteiger partial charge in [-0.25, -0.2) is 12.7 Å². The molecule has 0 unspecified atom stereocenters. The Kier molecular flexibility index (Phi) is 4.84. The fourth-order valence-electron chi connectivity index (χ4n) is 1.53. The topological polar surface area (TPSA) is 92.6 Å². The third kappa shape index (κ3) is 3.21. The molecular formula is C11H17N3O4S. The van der Waals surface area contributed by atoms with Crippen molar-refractivity contribution in [2.24, 2.45) is 0 Å². The summed E-state index contributed by atoms with van der Waals surface area (Å²) in [5.41, 5.74) is 0.103. The molecule has 0 bridgehead atoms. The van der Waals surface area contributed by atoms with Gasteiger partial charge in [0.25, 0.3) is 5.69 Å². The van der Waals surface area contributed by atoms with E-state index in [1.807, 2.05) is 6.92 Å². The fourth-order valence-corrected chi connectivity index (χ4v) is 2.84. The number of nitrogens with one attached hydrogen (secondary N) is 1. The summed E-state index contributed by atoms with van der Waals surface area (Å²) in [4.78, 5) is 10.1. The van der Waals surface area contributed by atoms with Crippen LogP contribution in [-0.2, 0) is 10.0 Å². The summed E-state index contributed by atoms with van der Waals surface area (Å²) in [7, 11) is -2.45. The average molecular weight is 287 g/mol. The van der Waals surface area contributed by atoms with E-state index in [1.54, 1.807) is 6.92 Å². The van der Waals surface area contributed by atoms with Gasteiger partial charge in [0.15, 0.2) is 4.90 Å². The van der Waals surface area contributed by atoms with Crippen LogP contribution >= 0.6 is 0 Å². The lowest BCUT2D eigenvalue weighted by Gasteiger charge is -2.15. The van der Waals surface area contributed by atoms with E-state index >= 15 is 0 Å².